The van der Waals surface area contributed by atoms with Crippen molar-refractivity contribution in [3.63, 3.8) is 0 Å². The number of fused-ring (bicyclic) bond motifs is 2. The second kappa shape index (κ2) is 5.59. The lowest BCUT2D eigenvalue weighted by Gasteiger charge is -2.39. The van der Waals surface area contributed by atoms with E-state index in [0.717, 1.165) is 24.4 Å². The third-order valence-corrected chi connectivity index (χ3v) is 5.25. The van der Waals surface area contributed by atoms with E-state index >= 15 is 0 Å². The van der Waals surface area contributed by atoms with Crippen molar-refractivity contribution in [2.45, 2.75) is 50.2 Å². The minimum absolute atomic E-state index is 0.598. The van der Waals surface area contributed by atoms with Gasteiger partial charge in [0.2, 0.25) is 0 Å². The van der Waals surface area contributed by atoms with Crippen molar-refractivity contribution in [2.24, 2.45) is 5.92 Å². The van der Waals surface area contributed by atoms with Crippen molar-refractivity contribution < 1.29 is 0 Å². The highest BCUT2D eigenvalue weighted by atomic mass is 15.2. The van der Waals surface area contributed by atoms with Gasteiger partial charge in [-0.15, -0.1) is 0 Å². The summed E-state index contributed by atoms with van der Waals surface area (Å²) in [6, 6.07) is 6.49. The topological polar surface area (TPSA) is 28.2 Å². The number of hydrogen-bond acceptors (Lipinski definition) is 3. The number of aromatic nitrogens is 1. The summed E-state index contributed by atoms with van der Waals surface area (Å²) in [5.74, 6) is 0.818. The Morgan fingerprint density at radius 1 is 1.37 bits per heavy atom. The normalized spacial score (nSPS) is 32.4. The summed E-state index contributed by atoms with van der Waals surface area (Å²) in [6.45, 7) is 0. The van der Waals surface area contributed by atoms with Gasteiger partial charge in [-0.2, -0.15) is 0 Å². The van der Waals surface area contributed by atoms with Crippen LogP contribution in [0.2, 0.25) is 0 Å². The number of hydrogen-bond donors (Lipinski definition) is 1. The van der Waals surface area contributed by atoms with Gasteiger partial charge < -0.3 is 10.2 Å². The Morgan fingerprint density at radius 3 is 2.68 bits per heavy atom. The van der Waals surface area contributed by atoms with Crippen LogP contribution in [0.25, 0.3) is 0 Å². The molecular weight excluding hydrogens is 234 g/mol. The molecule has 0 aliphatic carbocycles. The summed E-state index contributed by atoms with van der Waals surface area (Å²) in [5.41, 5.74) is 1.35. The fraction of sp³-hybridized carbons (Fsp3) is 0.688. The van der Waals surface area contributed by atoms with Gasteiger partial charge in [-0.05, 0) is 63.7 Å². The Bertz CT molecular complexity index is 392. The molecule has 3 heterocycles. The van der Waals surface area contributed by atoms with Crippen LogP contribution < -0.4 is 5.32 Å². The summed E-state index contributed by atoms with van der Waals surface area (Å²) in [6.07, 6.45) is 10.5. The van der Waals surface area contributed by atoms with Crippen LogP contribution in [0.3, 0.4) is 0 Å². The Labute approximate surface area is 116 Å². The first-order chi connectivity index (χ1) is 9.28. The Morgan fingerprint density at radius 2 is 2.11 bits per heavy atom. The SMILES string of the molecule is CNC(Cc1cccnc1)C1CC2CCC(C1)N2C. The van der Waals surface area contributed by atoms with Crippen molar-refractivity contribution >= 4 is 0 Å². The van der Waals surface area contributed by atoms with Gasteiger partial charge in [0.1, 0.15) is 0 Å². The van der Waals surface area contributed by atoms with Crippen LogP contribution in [0.5, 0.6) is 0 Å². The molecule has 3 rings (SSSR count). The molecule has 0 radical (unpaired) electrons. The number of nitrogens with zero attached hydrogens (tertiary/aromatic N) is 2. The Hall–Kier alpha value is -0.930. The quantitative estimate of drug-likeness (QED) is 0.897. The number of piperidine rings is 1. The smallest absolute Gasteiger partial charge is 0.0300 e. The lowest BCUT2D eigenvalue weighted by molar-refractivity contribution is 0.114. The zero-order valence-corrected chi connectivity index (χ0v) is 12.0. The average molecular weight is 259 g/mol. The van der Waals surface area contributed by atoms with Crippen LogP contribution in [-0.2, 0) is 6.42 Å². The Kier molecular flexibility index (Phi) is 3.85. The lowest BCUT2D eigenvalue weighted by Crippen LogP contribution is -2.47. The van der Waals surface area contributed by atoms with Gasteiger partial charge in [0.15, 0.2) is 0 Å². The van der Waals surface area contributed by atoms with Crippen LogP contribution >= 0.6 is 0 Å². The molecule has 2 bridgehead atoms. The molecule has 0 saturated carbocycles. The van der Waals surface area contributed by atoms with Gasteiger partial charge in [0, 0.05) is 30.5 Å². The summed E-state index contributed by atoms with van der Waals surface area (Å²) in [5, 5.41) is 3.56. The summed E-state index contributed by atoms with van der Waals surface area (Å²) >= 11 is 0. The molecule has 1 N–H and O–H groups in total. The second-order valence-corrected chi connectivity index (χ2v) is 6.24. The van der Waals surface area contributed by atoms with Crippen LogP contribution in [0.4, 0.5) is 0 Å². The van der Waals surface area contributed by atoms with Crippen molar-refractivity contribution in [1.82, 2.24) is 15.2 Å². The molecular formula is C16H25N3. The van der Waals surface area contributed by atoms with Gasteiger partial charge in [-0.25, -0.2) is 0 Å². The van der Waals surface area contributed by atoms with Gasteiger partial charge in [0.05, 0.1) is 0 Å². The number of nitrogens with one attached hydrogen (secondary N) is 1. The van der Waals surface area contributed by atoms with E-state index in [1.807, 2.05) is 18.5 Å². The molecule has 0 amide bonds. The van der Waals surface area contributed by atoms with E-state index < -0.39 is 0 Å². The monoisotopic (exact) mass is 259 g/mol. The van der Waals surface area contributed by atoms with Crippen LogP contribution in [0.1, 0.15) is 31.2 Å². The van der Waals surface area contributed by atoms with Gasteiger partial charge in [-0.1, -0.05) is 6.07 Å². The highest BCUT2D eigenvalue weighted by molar-refractivity contribution is 5.11. The predicted octanol–water partition coefficient (Wildman–Crippen LogP) is 2.08. The molecule has 0 spiro atoms. The molecule has 2 aliphatic rings. The number of rotatable bonds is 4. The minimum atomic E-state index is 0.598. The third kappa shape index (κ3) is 2.67. The van der Waals surface area contributed by atoms with Crippen LogP contribution in [0, 0.1) is 5.92 Å². The third-order valence-electron chi connectivity index (χ3n) is 5.25. The maximum atomic E-state index is 4.24. The first-order valence-corrected chi connectivity index (χ1v) is 7.56. The minimum Gasteiger partial charge on any atom is -0.316 e. The number of likely N-dealkylation sites (N-methyl/N-ethyl adjacent to an activating group) is 1. The first-order valence-electron chi connectivity index (χ1n) is 7.56. The molecule has 2 fully saturated rings. The van der Waals surface area contributed by atoms with E-state index in [1.54, 1.807) is 0 Å². The van der Waals surface area contributed by atoms with E-state index in [1.165, 1.54) is 31.2 Å². The van der Waals surface area contributed by atoms with Crippen molar-refractivity contribution in [2.75, 3.05) is 14.1 Å². The summed E-state index contributed by atoms with van der Waals surface area (Å²) in [4.78, 5) is 6.85. The lowest BCUT2D eigenvalue weighted by atomic mass is 9.83. The molecule has 19 heavy (non-hydrogen) atoms. The van der Waals surface area contributed by atoms with Crippen molar-refractivity contribution in [1.29, 1.82) is 0 Å². The standard InChI is InChI=1S/C16H25N3/c1-17-16(8-12-4-3-7-18-11-12)13-9-14-5-6-15(10-13)19(14)2/h3-4,7,11,13-17H,5-6,8-10H2,1-2H3. The molecule has 1 aromatic rings. The van der Waals surface area contributed by atoms with Crippen LogP contribution in [0.15, 0.2) is 24.5 Å². The molecule has 3 nitrogen and oxygen atoms in total. The predicted molar refractivity (Wildman–Crippen MR) is 78.1 cm³/mol. The van der Waals surface area contributed by atoms with E-state index in [9.17, 15) is 0 Å². The molecule has 2 saturated heterocycles. The highest BCUT2D eigenvalue weighted by Crippen LogP contribution is 2.39. The first kappa shape index (κ1) is 13.1. The van der Waals surface area contributed by atoms with Gasteiger partial charge in [0.25, 0.3) is 0 Å². The maximum Gasteiger partial charge on any atom is 0.0300 e. The van der Waals surface area contributed by atoms with E-state index in [0.29, 0.717) is 6.04 Å². The maximum absolute atomic E-state index is 4.24. The summed E-state index contributed by atoms with van der Waals surface area (Å²) in [7, 11) is 4.43. The van der Waals surface area contributed by atoms with Crippen LogP contribution in [-0.4, -0.2) is 42.1 Å². The molecule has 2 aliphatic heterocycles. The molecule has 104 valence electrons. The zero-order valence-electron chi connectivity index (χ0n) is 12.0. The van der Waals surface area contributed by atoms with Gasteiger partial charge in [-0.3, -0.25) is 4.98 Å². The average Bonchev–Trinajstić information content (AvgIpc) is 2.68. The number of pyridine rings is 1. The largest absolute Gasteiger partial charge is 0.316 e. The van der Waals surface area contributed by atoms with E-state index in [2.05, 4.69) is 35.4 Å². The van der Waals surface area contributed by atoms with Crippen molar-refractivity contribution in [3.05, 3.63) is 30.1 Å². The molecule has 0 aromatic carbocycles. The van der Waals surface area contributed by atoms with E-state index in [-0.39, 0.29) is 0 Å². The van der Waals surface area contributed by atoms with Crippen molar-refractivity contribution in [3.8, 4) is 0 Å². The van der Waals surface area contributed by atoms with Gasteiger partial charge >= 0.3 is 0 Å². The fourth-order valence-electron chi connectivity index (χ4n) is 4.06. The molecule has 3 heteroatoms. The molecule has 1 aromatic heterocycles. The Balaban J connectivity index is 1.66. The molecule has 3 unspecified atom stereocenters. The van der Waals surface area contributed by atoms with E-state index in [4.69, 9.17) is 0 Å². The zero-order chi connectivity index (χ0) is 13.2. The fourth-order valence-corrected chi connectivity index (χ4v) is 4.06. The molecule has 3 atom stereocenters. The second-order valence-electron chi connectivity index (χ2n) is 6.24. The summed E-state index contributed by atoms with van der Waals surface area (Å²) < 4.78 is 0. The highest BCUT2D eigenvalue weighted by Gasteiger charge is 2.40.